The highest BCUT2D eigenvalue weighted by atomic mass is 15.6. The third-order valence-electron chi connectivity index (χ3n) is 2.89. The summed E-state index contributed by atoms with van der Waals surface area (Å²) in [6, 6.07) is 4.42. The van der Waals surface area contributed by atoms with Crippen molar-refractivity contribution in [2.45, 2.75) is 25.3 Å². The highest BCUT2D eigenvalue weighted by Crippen LogP contribution is 2.06. The summed E-state index contributed by atoms with van der Waals surface area (Å²) < 4.78 is 0. The molecule has 6 heteroatoms. The molecule has 0 spiro atoms. The second kappa shape index (κ2) is 6.20. The predicted octanol–water partition coefficient (Wildman–Crippen LogP) is 0.368. The van der Waals surface area contributed by atoms with Crippen LogP contribution in [-0.4, -0.2) is 38.3 Å². The summed E-state index contributed by atoms with van der Waals surface area (Å²) in [4.78, 5) is 5.61. The smallest absolute Gasteiger partial charge is 0.176 e. The summed E-state index contributed by atoms with van der Waals surface area (Å²) in [6.07, 6.45) is 6.53. The Labute approximate surface area is 106 Å². The number of rotatable bonds is 6. The molecule has 0 aliphatic rings. The molecule has 0 bridgehead atoms. The molecule has 0 radical (unpaired) electrons. The van der Waals surface area contributed by atoms with Crippen LogP contribution < -0.4 is 5.32 Å². The number of tetrazole rings is 1. The Bertz CT molecular complexity index is 466. The van der Waals surface area contributed by atoms with Crippen molar-refractivity contribution in [3.05, 3.63) is 35.9 Å². The summed E-state index contributed by atoms with van der Waals surface area (Å²) in [5, 5.41) is 15.3. The van der Waals surface area contributed by atoms with Gasteiger partial charge in [0, 0.05) is 24.9 Å². The molecule has 1 atom stereocenters. The molecule has 0 saturated heterocycles. The van der Waals surface area contributed by atoms with Crippen LogP contribution in [0, 0.1) is 0 Å². The maximum Gasteiger partial charge on any atom is 0.176 e. The third kappa shape index (κ3) is 3.59. The van der Waals surface area contributed by atoms with Gasteiger partial charge >= 0.3 is 0 Å². The summed E-state index contributed by atoms with van der Waals surface area (Å²) in [5.74, 6) is 0.781. The normalized spacial score (nSPS) is 12.6. The second-order valence-electron chi connectivity index (χ2n) is 4.28. The minimum absolute atomic E-state index is 0.356. The van der Waals surface area contributed by atoms with Gasteiger partial charge in [0.05, 0.1) is 7.05 Å². The highest BCUT2D eigenvalue weighted by Gasteiger charge is 2.11. The zero-order valence-electron chi connectivity index (χ0n) is 10.7. The lowest BCUT2D eigenvalue weighted by atomic mass is 10.0. The monoisotopic (exact) mass is 246 g/mol. The Balaban J connectivity index is 1.86. The minimum atomic E-state index is 0.356. The van der Waals surface area contributed by atoms with Crippen molar-refractivity contribution in [3.63, 3.8) is 0 Å². The summed E-state index contributed by atoms with van der Waals surface area (Å²) in [5.41, 5.74) is 1.25. The van der Waals surface area contributed by atoms with Gasteiger partial charge in [0.1, 0.15) is 0 Å². The number of hydrogen-bond donors (Lipinski definition) is 1. The van der Waals surface area contributed by atoms with Crippen LogP contribution in [0.2, 0.25) is 0 Å². The molecule has 0 aromatic carbocycles. The number of aryl methyl sites for hydroxylation is 2. The van der Waals surface area contributed by atoms with Crippen molar-refractivity contribution in [2.75, 3.05) is 7.05 Å². The average molecular weight is 246 g/mol. The maximum absolute atomic E-state index is 4.20. The minimum Gasteiger partial charge on any atom is -0.317 e. The van der Waals surface area contributed by atoms with Crippen molar-refractivity contribution in [3.8, 4) is 0 Å². The van der Waals surface area contributed by atoms with E-state index in [2.05, 4.69) is 31.8 Å². The highest BCUT2D eigenvalue weighted by molar-refractivity contribution is 5.08. The van der Waals surface area contributed by atoms with E-state index in [9.17, 15) is 0 Å². The molecule has 0 amide bonds. The van der Waals surface area contributed by atoms with E-state index >= 15 is 0 Å². The van der Waals surface area contributed by atoms with Crippen LogP contribution >= 0.6 is 0 Å². The number of likely N-dealkylation sites (N-methyl/N-ethyl adjacent to an activating group) is 1. The Hall–Kier alpha value is -1.82. The molecule has 2 aromatic rings. The van der Waals surface area contributed by atoms with E-state index < -0.39 is 0 Å². The Kier molecular flexibility index (Phi) is 4.35. The molecule has 6 nitrogen and oxygen atoms in total. The number of hydrogen-bond acceptors (Lipinski definition) is 5. The third-order valence-corrected chi connectivity index (χ3v) is 2.89. The van der Waals surface area contributed by atoms with Crippen molar-refractivity contribution >= 4 is 0 Å². The Morgan fingerprint density at radius 1 is 1.44 bits per heavy atom. The zero-order valence-corrected chi connectivity index (χ0v) is 10.7. The molecule has 18 heavy (non-hydrogen) atoms. The second-order valence-corrected chi connectivity index (χ2v) is 4.28. The first-order valence-electron chi connectivity index (χ1n) is 6.07. The maximum atomic E-state index is 4.20. The molecule has 0 fully saturated rings. The summed E-state index contributed by atoms with van der Waals surface area (Å²) in [7, 11) is 3.74. The van der Waals surface area contributed by atoms with Gasteiger partial charge in [-0.15, -0.1) is 10.2 Å². The molecular weight excluding hydrogens is 228 g/mol. The van der Waals surface area contributed by atoms with Crippen LogP contribution in [0.4, 0.5) is 0 Å². The summed E-state index contributed by atoms with van der Waals surface area (Å²) >= 11 is 0. The van der Waals surface area contributed by atoms with E-state index in [-0.39, 0.29) is 0 Å². The van der Waals surface area contributed by atoms with Gasteiger partial charge in [-0.2, -0.15) is 4.80 Å². The van der Waals surface area contributed by atoms with Crippen LogP contribution in [0.1, 0.15) is 17.8 Å². The van der Waals surface area contributed by atoms with Crippen LogP contribution in [0.3, 0.4) is 0 Å². The standard InChI is InChI=1S/C12H18N6/c1-13-11(8-12-15-17-18(2)16-12)6-5-10-4-3-7-14-9-10/h3-4,7,9,11,13H,5-6,8H2,1-2H3. The van der Waals surface area contributed by atoms with E-state index in [1.165, 1.54) is 10.4 Å². The first-order chi connectivity index (χ1) is 8.78. The van der Waals surface area contributed by atoms with Gasteiger partial charge in [-0.05, 0) is 36.7 Å². The van der Waals surface area contributed by atoms with E-state index in [0.717, 1.165) is 25.1 Å². The molecule has 2 aromatic heterocycles. The van der Waals surface area contributed by atoms with Crippen molar-refractivity contribution in [1.82, 2.24) is 30.5 Å². The fourth-order valence-corrected chi connectivity index (χ4v) is 1.86. The fourth-order valence-electron chi connectivity index (χ4n) is 1.86. The largest absolute Gasteiger partial charge is 0.317 e. The average Bonchev–Trinajstić information content (AvgIpc) is 2.81. The first kappa shape index (κ1) is 12.6. The van der Waals surface area contributed by atoms with Crippen LogP contribution in [0.25, 0.3) is 0 Å². The van der Waals surface area contributed by atoms with Gasteiger partial charge in [0.25, 0.3) is 0 Å². The molecule has 1 N–H and O–H groups in total. The number of aromatic nitrogens is 5. The van der Waals surface area contributed by atoms with Gasteiger partial charge < -0.3 is 5.32 Å². The van der Waals surface area contributed by atoms with E-state index in [0.29, 0.717) is 6.04 Å². The van der Waals surface area contributed by atoms with Crippen LogP contribution in [0.15, 0.2) is 24.5 Å². The topological polar surface area (TPSA) is 68.5 Å². The van der Waals surface area contributed by atoms with Gasteiger partial charge in [-0.3, -0.25) is 4.98 Å². The Morgan fingerprint density at radius 3 is 2.94 bits per heavy atom. The predicted molar refractivity (Wildman–Crippen MR) is 67.9 cm³/mol. The van der Waals surface area contributed by atoms with Crippen molar-refractivity contribution < 1.29 is 0 Å². The molecule has 96 valence electrons. The lowest BCUT2D eigenvalue weighted by molar-refractivity contribution is 0.507. The van der Waals surface area contributed by atoms with Crippen molar-refractivity contribution in [1.29, 1.82) is 0 Å². The lowest BCUT2D eigenvalue weighted by Crippen LogP contribution is -2.28. The Morgan fingerprint density at radius 2 is 2.33 bits per heavy atom. The van der Waals surface area contributed by atoms with Crippen molar-refractivity contribution in [2.24, 2.45) is 7.05 Å². The molecule has 0 aliphatic carbocycles. The first-order valence-corrected chi connectivity index (χ1v) is 6.07. The SMILES string of the molecule is CNC(CCc1cccnc1)Cc1nnn(C)n1. The molecular formula is C12H18N6. The molecule has 1 unspecified atom stereocenters. The molecule has 0 aliphatic heterocycles. The number of nitrogens with one attached hydrogen (secondary N) is 1. The fraction of sp³-hybridized carbons (Fsp3) is 0.500. The van der Waals surface area contributed by atoms with E-state index in [1.807, 2.05) is 19.3 Å². The molecule has 2 heterocycles. The number of pyridine rings is 1. The number of nitrogens with zero attached hydrogens (tertiary/aromatic N) is 5. The van der Waals surface area contributed by atoms with Gasteiger partial charge in [0.15, 0.2) is 5.82 Å². The van der Waals surface area contributed by atoms with Crippen LogP contribution in [0.5, 0.6) is 0 Å². The lowest BCUT2D eigenvalue weighted by Gasteiger charge is -2.13. The van der Waals surface area contributed by atoms with Gasteiger partial charge in [-0.25, -0.2) is 0 Å². The van der Waals surface area contributed by atoms with E-state index in [4.69, 9.17) is 0 Å². The zero-order chi connectivity index (χ0) is 12.8. The molecule has 0 saturated carbocycles. The molecule has 2 rings (SSSR count). The quantitative estimate of drug-likeness (QED) is 0.797. The van der Waals surface area contributed by atoms with Crippen LogP contribution in [-0.2, 0) is 19.9 Å². The van der Waals surface area contributed by atoms with Gasteiger partial charge in [0.2, 0.25) is 0 Å². The van der Waals surface area contributed by atoms with Gasteiger partial charge in [-0.1, -0.05) is 6.07 Å². The van der Waals surface area contributed by atoms with E-state index in [1.54, 1.807) is 13.2 Å². The summed E-state index contributed by atoms with van der Waals surface area (Å²) in [6.45, 7) is 0.